The Morgan fingerprint density at radius 1 is 1.88 bits per heavy atom. The predicted molar refractivity (Wildman–Crippen MR) is 36.0 cm³/mol. The molecule has 0 aromatic heterocycles. The second-order valence-electron chi connectivity index (χ2n) is 1.34. The molecule has 0 saturated carbocycles. The summed E-state index contributed by atoms with van der Waals surface area (Å²) in [6.07, 6.45) is 0.823. The fourth-order valence-corrected chi connectivity index (χ4v) is 0.337. The highest BCUT2D eigenvalue weighted by Gasteiger charge is 1.97. The van der Waals surface area contributed by atoms with Gasteiger partial charge in [0.05, 0.1) is 12.4 Å². The van der Waals surface area contributed by atoms with Crippen molar-refractivity contribution in [2.75, 3.05) is 12.4 Å². The Morgan fingerprint density at radius 2 is 2.50 bits per heavy atom. The summed E-state index contributed by atoms with van der Waals surface area (Å²) in [6, 6.07) is 0. The van der Waals surface area contributed by atoms with Crippen LogP contribution in [0.4, 0.5) is 0 Å². The van der Waals surface area contributed by atoms with Crippen LogP contribution in [0.5, 0.6) is 0 Å². The van der Waals surface area contributed by atoms with Crippen molar-refractivity contribution in [3.63, 3.8) is 0 Å². The average molecular weight is 134 g/mol. The van der Waals surface area contributed by atoms with Gasteiger partial charge in [0, 0.05) is 5.75 Å². The predicted octanol–water partition coefficient (Wildman–Crippen LogP) is 0.437. The van der Waals surface area contributed by atoms with E-state index in [9.17, 15) is 0 Å². The Morgan fingerprint density at radius 3 is 2.88 bits per heavy atom. The van der Waals surface area contributed by atoms with Crippen molar-refractivity contribution in [1.82, 2.24) is 0 Å². The molecule has 0 aromatic carbocycles. The zero-order valence-corrected chi connectivity index (χ0v) is 5.47. The number of hydrogen-bond acceptors (Lipinski definition) is 3. The summed E-state index contributed by atoms with van der Waals surface area (Å²) in [4.78, 5) is 0. The number of rotatable bonds is 4. The van der Waals surface area contributed by atoms with E-state index in [1.54, 1.807) is 0 Å². The monoisotopic (exact) mass is 134 g/mol. The largest absolute Gasteiger partial charge is 0.499 e. The third-order valence-electron chi connectivity index (χ3n) is 0.617. The van der Waals surface area contributed by atoms with Crippen molar-refractivity contribution in [2.24, 2.45) is 0 Å². The zero-order valence-electron chi connectivity index (χ0n) is 4.58. The van der Waals surface area contributed by atoms with Crippen LogP contribution in [-0.4, -0.2) is 23.6 Å². The first-order valence-electron chi connectivity index (χ1n) is 2.32. The van der Waals surface area contributed by atoms with Gasteiger partial charge in [0.1, 0.15) is 6.61 Å². The summed E-state index contributed by atoms with van der Waals surface area (Å²) in [5.74, 6) is 0.424. The van der Waals surface area contributed by atoms with Crippen LogP contribution in [0.2, 0.25) is 0 Å². The highest BCUT2D eigenvalue weighted by atomic mass is 32.1. The van der Waals surface area contributed by atoms with Gasteiger partial charge in [-0.15, -0.1) is 0 Å². The molecule has 0 spiro atoms. The molecule has 0 radical (unpaired) electrons. The normalized spacial score (nSPS) is 12.8. The highest BCUT2D eigenvalue weighted by Crippen LogP contribution is 1.87. The van der Waals surface area contributed by atoms with E-state index in [0.717, 1.165) is 0 Å². The van der Waals surface area contributed by atoms with Gasteiger partial charge >= 0.3 is 0 Å². The zero-order chi connectivity index (χ0) is 6.41. The number of ether oxygens (including phenoxy) is 1. The molecule has 0 heterocycles. The molecule has 1 unspecified atom stereocenters. The van der Waals surface area contributed by atoms with Gasteiger partial charge < -0.3 is 9.84 Å². The van der Waals surface area contributed by atoms with Crippen LogP contribution in [0.15, 0.2) is 12.8 Å². The molecule has 0 aliphatic rings. The van der Waals surface area contributed by atoms with Gasteiger partial charge in [0.25, 0.3) is 0 Å². The summed E-state index contributed by atoms with van der Waals surface area (Å²) in [5, 5.41) is 8.74. The van der Waals surface area contributed by atoms with Crippen LogP contribution in [0.3, 0.4) is 0 Å². The quantitative estimate of drug-likeness (QED) is 0.431. The number of hydrogen-bond donors (Lipinski definition) is 2. The Kier molecular flexibility index (Phi) is 4.90. The van der Waals surface area contributed by atoms with E-state index >= 15 is 0 Å². The SMILES string of the molecule is C=COCC(O)CS. The molecule has 0 saturated heterocycles. The first-order valence-corrected chi connectivity index (χ1v) is 2.96. The van der Waals surface area contributed by atoms with Crippen LogP contribution in [0.25, 0.3) is 0 Å². The van der Waals surface area contributed by atoms with Crippen molar-refractivity contribution >= 4 is 12.6 Å². The maximum atomic E-state index is 8.74. The molecule has 0 aromatic rings. The Labute approximate surface area is 54.6 Å². The fourth-order valence-electron chi connectivity index (χ4n) is 0.232. The minimum absolute atomic E-state index is 0.285. The van der Waals surface area contributed by atoms with Gasteiger partial charge in [-0.2, -0.15) is 12.6 Å². The Balaban J connectivity index is 2.97. The molecule has 0 aliphatic carbocycles. The first kappa shape index (κ1) is 7.85. The molecule has 0 fully saturated rings. The van der Waals surface area contributed by atoms with Crippen LogP contribution in [-0.2, 0) is 4.74 Å². The molecule has 48 valence electrons. The smallest absolute Gasteiger partial charge is 0.114 e. The Bertz CT molecular complexity index is 65.4. The van der Waals surface area contributed by atoms with Gasteiger partial charge in [0.2, 0.25) is 0 Å². The van der Waals surface area contributed by atoms with Gasteiger partial charge in [0.15, 0.2) is 0 Å². The number of aliphatic hydroxyl groups excluding tert-OH is 1. The summed E-state index contributed by atoms with van der Waals surface area (Å²) in [7, 11) is 0. The topological polar surface area (TPSA) is 29.5 Å². The summed E-state index contributed by atoms with van der Waals surface area (Å²) >= 11 is 3.82. The Hall–Kier alpha value is -0.150. The van der Waals surface area contributed by atoms with Gasteiger partial charge in [-0.25, -0.2) is 0 Å². The summed E-state index contributed by atoms with van der Waals surface area (Å²) in [5.41, 5.74) is 0. The minimum atomic E-state index is -0.476. The number of thiol groups is 1. The lowest BCUT2D eigenvalue weighted by Crippen LogP contribution is -2.14. The second-order valence-corrected chi connectivity index (χ2v) is 1.70. The third-order valence-corrected chi connectivity index (χ3v) is 1.04. The van der Waals surface area contributed by atoms with E-state index in [4.69, 9.17) is 5.11 Å². The van der Waals surface area contributed by atoms with Crippen LogP contribution < -0.4 is 0 Å². The molecule has 0 rings (SSSR count). The van der Waals surface area contributed by atoms with E-state index in [-0.39, 0.29) is 6.61 Å². The third kappa shape index (κ3) is 4.02. The molecule has 0 aliphatic heterocycles. The van der Waals surface area contributed by atoms with Gasteiger partial charge in [-0.3, -0.25) is 0 Å². The summed E-state index contributed by atoms with van der Waals surface area (Å²) < 4.78 is 4.65. The van der Waals surface area contributed by atoms with E-state index in [2.05, 4.69) is 23.9 Å². The molecular formula is C5H10O2S. The van der Waals surface area contributed by atoms with Crippen molar-refractivity contribution in [2.45, 2.75) is 6.10 Å². The molecule has 1 atom stereocenters. The van der Waals surface area contributed by atoms with E-state index in [1.807, 2.05) is 0 Å². The average Bonchev–Trinajstić information content (AvgIpc) is 1.83. The standard InChI is InChI=1S/C5H10O2S/c1-2-7-3-5(6)4-8/h2,5-6,8H,1,3-4H2. The van der Waals surface area contributed by atoms with Crippen molar-refractivity contribution in [1.29, 1.82) is 0 Å². The second kappa shape index (κ2) is 5.00. The first-order chi connectivity index (χ1) is 3.81. The van der Waals surface area contributed by atoms with Crippen LogP contribution >= 0.6 is 12.6 Å². The molecule has 3 heteroatoms. The molecule has 2 nitrogen and oxygen atoms in total. The lowest BCUT2D eigenvalue weighted by molar-refractivity contribution is 0.102. The van der Waals surface area contributed by atoms with Crippen molar-refractivity contribution in [3.8, 4) is 0 Å². The maximum absolute atomic E-state index is 8.74. The van der Waals surface area contributed by atoms with E-state index < -0.39 is 6.10 Å². The molecule has 0 amide bonds. The number of aliphatic hydroxyl groups is 1. The minimum Gasteiger partial charge on any atom is -0.499 e. The fraction of sp³-hybridized carbons (Fsp3) is 0.600. The lowest BCUT2D eigenvalue weighted by Gasteiger charge is -2.04. The summed E-state index contributed by atoms with van der Waals surface area (Å²) in [6.45, 7) is 3.59. The van der Waals surface area contributed by atoms with Crippen LogP contribution in [0.1, 0.15) is 0 Å². The molecular weight excluding hydrogens is 124 g/mol. The van der Waals surface area contributed by atoms with E-state index in [1.165, 1.54) is 6.26 Å². The molecule has 1 N–H and O–H groups in total. The van der Waals surface area contributed by atoms with Crippen molar-refractivity contribution in [3.05, 3.63) is 12.8 Å². The van der Waals surface area contributed by atoms with Gasteiger partial charge in [-0.05, 0) is 0 Å². The molecule has 8 heavy (non-hydrogen) atoms. The maximum Gasteiger partial charge on any atom is 0.114 e. The van der Waals surface area contributed by atoms with Gasteiger partial charge in [-0.1, -0.05) is 6.58 Å². The molecule has 0 bridgehead atoms. The lowest BCUT2D eigenvalue weighted by atomic mass is 10.4. The van der Waals surface area contributed by atoms with Crippen molar-refractivity contribution < 1.29 is 9.84 Å². The van der Waals surface area contributed by atoms with Crippen LogP contribution in [0, 0.1) is 0 Å². The van der Waals surface area contributed by atoms with E-state index in [0.29, 0.717) is 5.75 Å². The highest BCUT2D eigenvalue weighted by molar-refractivity contribution is 7.80.